The monoisotopic (exact) mass is 210 g/mol. The standard InChI is InChI=1S/C11H11ClO2/c12-10-3-4-11-9(5-7-14-11)8(10)2-1-6-13/h3-5,7,13H,1-2,6H2. The van der Waals surface area contributed by atoms with Crippen molar-refractivity contribution in [3.8, 4) is 0 Å². The molecule has 0 aliphatic heterocycles. The fraction of sp³-hybridized carbons (Fsp3) is 0.273. The lowest BCUT2D eigenvalue weighted by molar-refractivity contribution is 0.289. The second-order valence-corrected chi connectivity index (χ2v) is 3.59. The van der Waals surface area contributed by atoms with Crippen LogP contribution in [0.2, 0.25) is 5.02 Å². The second-order valence-electron chi connectivity index (χ2n) is 3.19. The molecule has 0 saturated carbocycles. The van der Waals surface area contributed by atoms with Crippen LogP contribution >= 0.6 is 11.6 Å². The van der Waals surface area contributed by atoms with Crippen LogP contribution in [0.1, 0.15) is 12.0 Å². The summed E-state index contributed by atoms with van der Waals surface area (Å²) in [7, 11) is 0. The summed E-state index contributed by atoms with van der Waals surface area (Å²) in [6.07, 6.45) is 3.17. The molecule has 1 aromatic carbocycles. The van der Waals surface area contributed by atoms with Crippen LogP contribution in [0.25, 0.3) is 11.0 Å². The molecule has 0 radical (unpaired) electrons. The molecule has 0 aliphatic rings. The highest BCUT2D eigenvalue weighted by atomic mass is 35.5. The molecule has 2 aromatic rings. The Morgan fingerprint density at radius 2 is 2.14 bits per heavy atom. The van der Waals surface area contributed by atoms with E-state index in [1.165, 1.54) is 0 Å². The molecule has 0 fully saturated rings. The minimum absolute atomic E-state index is 0.185. The normalized spacial score (nSPS) is 11.0. The van der Waals surface area contributed by atoms with Gasteiger partial charge >= 0.3 is 0 Å². The maximum Gasteiger partial charge on any atom is 0.134 e. The van der Waals surface area contributed by atoms with Crippen LogP contribution in [0, 0.1) is 0 Å². The van der Waals surface area contributed by atoms with Gasteiger partial charge in [0.25, 0.3) is 0 Å². The zero-order valence-electron chi connectivity index (χ0n) is 7.66. The molecular formula is C11H11ClO2. The summed E-state index contributed by atoms with van der Waals surface area (Å²) in [6.45, 7) is 0.185. The van der Waals surface area contributed by atoms with Gasteiger partial charge in [-0.3, -0.25) is 0 Å². The van der Waals surface area contributed by atoms with Crippen molar-refractivity contribution in [1.82, 2.24) is 0 Å². The number of fused-ring (bicyclic) bond motifs is 1. The molecule has 14 heavy (non-hydrogen) atoms. The van der Waals surface area contributed by atoms with E-state index in [1.807, 2.05) is 18.2 Å². The molecule has 2 rings (SSSR count). The Hall–Kier alpha value is -0.990. The van der Waals surface area contributed by atoms with Gasteiger partial charge in [-0.15, -0.1) is 0 Å². The van der Waals surface area contributed by atoms with Crippen LogP contribution in [-0.4, -0.2) is 11.7 Å². The third-order valence-electron chi connectivity index (χ3n) is 2.27. The number of hydrogen-bond donors (Lipinski definition) is 1. The third kappa shape index (κ3) is 1.63. The predicted molar refractivity (Wildman–Crippen MR) is 56.6 cm³/mol. The van der Waals surface area contributed by atoms with Crippen LogP contribution < -0.4 is 0 Å². The SMILES string of the molecule is OCCCc1c(Cl)ccc2occc12. The summed E-state index contributed by atoms with van der Waals surface area (Å²) >= 11 is 6.07. The first-order valence-corrected chi connectivity index (χ1v) is 4.96. The molecule has 0 amide bonds. The first kappa shape index (κ1) is 9.56. The molecule has 0 saturated heterocycles. The first-order chi connectivity index (χ1) is 6.83. The summed E-state index contributed by atoms with van der Waals surface area (Å²) in [5.41, 5.74) is 1.91. The Morgan fingerprint density at radius 3 is 2.93 bits per heavy atom. The molecule has 0 bridgehead atoms. The van der Waals surface area contributed by atoms with Crippen molar-refractivity contribution in [2.75, 3.05) is 6.61 Å². The van der Waals surface area contributed by atoms with E-state index in [1.54, 1.807) is 6.26 Å². The average Bonchev–Trinajstić information content (AvgIpc) is 2.64. The van der Waals surface area contributed by atoms with Crippen LogP contribution in [0.3, 0.4) is 0 Å². The summed E-state index contributed by atoms with van der Waals surface area (Å²) in [6, 6.07) is 5.61. The van der Waals surface area contributed by atoms with Gasteiger partial charge in [0.1, 0.15) is 5.58 Å². The molecular weight excluding hydrogens is 200 g/mol. The number of benzene rings is 1. The van der Waals surface area contributed by atoms with Gasteiger partial charge in [0.05, 0.1) is 6.26 Å². The fourth-order valence-corrected chi connectivity index (χ4v) is 1.85. The number of aliphatic hydroxyl groups is 1. The fourth-order valence-electron chi connectivity index (χ4n) is 1.59. The highest BCUT2D eigenvalue weighted by molar-refractivity contribution is 6.32. The zero-order chi connectivity index (χ0) is 9.97. The van der Waals surface area contributed by atoms with Crippen LogP contribution in [0.4, 0.5) is 0 Å². The quantitative estimate of drug-likeness (QED) is 0.845. The van der Waals surface area contributed by atoms with E-state index in [9.17, 15) is 0 Å². The third-order valence-corrected chi connectivity index (χ3v) is 2.63. The molecule has 3 heteroatoms. The number of halogens is 1. The van der Waals surface area contributed by atoms with Crippen molar-refractivity contribution < 1.29 is 9.52 Å². The van der Waals surface area contributed by atoms with Gasteiger partial charge in [-0.25, -0.2) is 0 Å². The van der Waals surface area contributed by atoms with Gasteiger partial charge in [0.15, 0.2) is 0 Å². The van der Waals surface area contributed by atoms with E-state index in [0.29, 0.717) is 0 Å². The van der Waals surface area contributed by atoms with Gasteiger partial charge < -0.3 is 9.52 Å². The van der Waals surface area contributed by atoms with Crippen LogP contribution in [0.15, 0.2) is 28.9 Å². The second kappa shape index (κ2) is 4.03. The topological polar surface area (TPSA) is 33.4 Å². The smallest absolute Gasteiger partial charge is 0.134 e. The van der Waals surface area contributed by atoms with Gasteiger partial charge in [-0.2, -0.15) is 0 Å². The molecule has 2 nitrogen and oxygen atoms in total. The van der Waals surface area contributed by atoms with Gasteiger partial charge in [-0.1, -0.05) is 11.6 Å². The molecule has 1 aromatic heterocycles. The Morgan fingerprint density at radius 1 is 1.29 bits per heavy atom. The number of hydrogen-bond acceptors (Lipinski definition) is 2. The Kier molecular flexibility index (Phi) is 2.75. The van der Waals surface area contributed by atoms with E-state index in [2.05, 4.69) is 0 Å². The van der Waals surface area contributed by atoms with Crippen molar-refractivity contribution >= 4 is 22.6 Å². The number of rotatable bonds is 3. The van der Waals surface area contributed by atoms with Crippen LogP contribution in [0.5, 0.6) is 0 Å². The summed E-state index contributed by atoms with van der Waals surface area (Å²) in [4.78, 5) is 0. The van der Waals surface area contributed by atoms with Crippen molar-refractivity contribution in [2.24, 2.45) is 0 Å². The number of furan rings is 1. The maximum absolute atomic E-state index is 8.77. The molecule has 0 spiro atoms. The van der Waals surface area contributed by atoms with Gasteiger partial charge in [-0.05, 0) is 36.6 Å². The summed E-state index contributed by atoms with van der Waals surface area (Å²) < 4.78 is 5.27. The number of aliphatic hydroxyl groups excluding tert-OH is 1. The summed E-state index contributed by atoms with van der Waals surface area (Å²) in [5.74, 6) is 0. The lowest BCUT2D eigenvalue weighted by Gasteiger charge is -2.03. The van der Waals surface area contributed by atoms with E-state index in [0.717, 1.165) is 34.4 Å². The lowest BCUT2D eigenvalue weighted by atomic mass is 10.1. The Balaban J connectivity index is 2.47. The highest BCUT2D eigenvalue weighted by Crippen LogP contribution is 2.27. The molecule has 0 aliphatic carbocycles. The minimum Gasteiger partial charge on any atom is -0.464 e. The van der Waals surface area contributed by atoms with E-state index in [4.69, 9.17) is 21.1 Å². The van der Waals surface area contributed by atoms with Crippen molar-refractivity contribution in [3.63, 3.8) is 0 Å². The molecule has 74 valence electrons. The van der Waals surface area contributed by atoms with E-state index >= 15 is 0 Å². The molecule has 1 heterocycles. The maximum atomic E-state index is 8.77. The van der Waals surface area contributed by atoms with Crippen molar-refractivity contribution in [1.29, 1.82) is 0 Å². The Bertz CT molecular complexity index is 434. The summed E-state index contributed by atoms with van der Waals surface area (Å²) in [5, 5.41) is 10.6. The van der Waals surface area contributed by atoms with Crippen LogP contribution in [-0.2, 0) is 6.42 Å². The Labute approximate surface area is 87.1 Å². The van der Waals surface area contributed by atoms with E-state index < -0.39 is 0 Å². The first-order valence-electron chi connectivity index (χ1n) is 4.58. The molecule has 1 N–H and O–H groups in total. The van der Waals surface area contributed by atoms with Gasteiger partial charge in [0.2, 0.25) is 0 Å². The van der Waals surface area contributed by atoms with Crippen molar-refractivity contribution in [3.05, 3.63) is 35.0 Å². The lowest BCUT2D eigenvalue weighted by Crippen LogP contribution is -1.91. The van der Waals surface area contributed by atoms with Crippen molar-refractivity contribution in [2.45, 2.75) is 12.8 Å². The predicted octanol–water partition coefficient (Wildman–Crippen LogP) is 3.01. The zero-order valence-corrected chi connectivity index (χ0v) is 8.42. The molecule has 0 atom stereocenters. The average molecular weight is 211 g/mol. The molecule has 0 unspecified atom stereocenters. The largest absolute Gasteiger partial charge is 0.464 e. The van der Waals surface area contributed by atoms with E-state index in [-0.39, 0.29) is 6.61 Å². The van der Waals surface area contributed by atoms with Gasteiger partial charge in [0, 0.05) is 17.0 Å². The number of aryl methyl sites for hydroxylation is 1. The minimum atomic E-state index is 0.185. The highest BCUT2D eigenvalue weighted by Gasteiger charge is 2.07.